The van der Waals surface area contributed by atoms with Gasteiger partial charge in [0.25, 0.3) is 0 Å². The molecule has 0 amide bonds. The zero-order chi connectivity index (χ0) is 12.2. The number of nitrogens with zero attached hydrogens (tertiary/aromatic N) is 3. The molecule has 16 heavy (non-hydrogen) atoms. The Morgan fingerprint density at radius 3 is 2.38 bits per heavy atom. The van der Waals surface area contributed by atoms with E-state index in [9.17, 15) is 8.42 Å². The first-order chi connectivity index (χ1) is 7.42. The summed E-state index contributed by atoms with van der Waals surface area (Å²) in [6.45, 7) is 0.395. The minimum Gasteiger partial charge on any atom is -0.343 e. The van der Waals surface area contributed by atoms with Crippen molar-refractivity contribution in [3.05, 3.63) is 18.0 Å². The van der Waals surface area contributed by atoms with E-state index in [1.54, 1.807) is 24.3 Å². The highest BCUT2D eigenvalue weighted by Crippen LogP contribution is 2.07. The molecule has 0 aliphatic rings. The first-order valence-electron chi connectivity index (χ1n) is 4.68. The summed E-state index contributed by atoms with van der Waals surface area (Å²) in [6.07, 6.45) is 4.65. The average Bonchev–Trinajstić information content (AvgIpc) is 2.25. The summed E-state index contributed by atoms with van der Waals surface area (Å²) in [4.78, 5) is 10.0. The standard InChI is InChI=1S/C9H14BrN3O2S/c1-13(3-4-16(2,14)15)9-11-6-8(5-10)7-12-9/h6-7H,3-5H2,1-2H3. The van der Waals surface area contributed by atoms with Gasteiger partial charge in [-0.05, 0) is 5.56 Å². The second kappa shape index (κ2) is 5.58. The zero-order valence-corrected chi connectivity index (χ0v) is 11.6. The number of aromatic nitrogens is 2. The maximum atomic E-state index is 11.0. The molecule has 0 unspecified atom stereocenters. The molecule has 1 heterocycles. The lowest BCUT2D eigenvalue weighted by Gasteiger charge is -2.15. The molecule has 0 atom stereocenters. The molecule has 0 aliphatic heterocycles. The van der Waals surface area contributed by atoms with Gasteiger partial charge in [0.2, 0.25) is 5.95 Å². The molecule has 1 aromatic heterocycles. The number of anilines is 1. The van der Waals surface area contributed by atoms with Crippen LogP contribution in [0.3, 0.4) is 0 Å². The highest BCUT2D eigenvalue weighted by atomic mass is 79.9. The van der Waals surface area contributed by atoms with Crippen molar-refractivity contribution in [2.24, 2.45) is 0 Å². The topological polar surface area (TPSA) is 63.2 Å². The fourth-order valence-electron chi connectivity index (χ4n) is 1.02. The Morgan fingerprint density at radius 1 is 1.38 bits per heavy atom. The molecule has 0 aliphatic carbocycles. The molecule has 0 bridgehead atoms. The van der Waals surface area contributed by atoms with E-state index in [1.807, 2.05) is 0 Å². The van der Waals surface area contributed by atoms with Crippen LogP contribution in [-0.2, 0) is 15.2 Å². The SMILES string of the molecule is CN(CCS(C)(=O)=O)c1ncc(CBr)cn1. The van der Waals surface area contributed by atoms with Gasteiger partial charge >= 0.3 is 0 Å². The molecular weight excluding hydrogens is 294 g/mol. The second-order valence-electron chi connectivity index (χ2n) is 3.58. The molecule has 0 aromatic carbocycles. The number of rotatable bonds is 5. The largest absolute Gasteiger partial charge is 0.343 e. The zero-order valence-electron chi connectivity index (χ0n) is 9.22. The van der Waals surface area contributed by atoms with E-state index in [0.717, 1.165) is 5.56 Å². The lowest BCUT2D eigenvalue weighted by Crippen LogP contribution is -2.26. The molecule has 0 saturated carbocycles. The Kier molecular flexibility index (Phi) is 4.67. The summed E-state index contributed by atoms with van der Waals surface area (Å²) in [6, 6.07) is 0. The third kappa shape index (κ3) is 4.44. The Labute approximate surface area is 104 Å². The summed E-state index contributed by atoms with van der Waals surface area (Å²) >= 11 is 3.30. The smallest absolute Gasteiger partial charge is 0.225 e. The molecule has 5 nitrogen and oxygen atoms in total. The van der Waals surface area contributed by atoms with E-state index in [1.165, 1.54) is 6.26 Å². The average molecular weight is 308 g/mol. The number of hydrogen-bond acceptors (Lipinski definition) is 5. The fourth-order valence-corrected chi connectivity index (χ4v) is 1.91. The van der Waals surface area contributed by atoms with E-state index >= 15 is 0 Å². The summed E-state index contributed by atoms with van der Waals surface area (Å²) in [5, 5.41) is 0.709. The van der Waals surface area contributed by atoms with Gasteiger partial charge in [0.05, 0.1) is 5.75 Å². The molecule has 0 radical (unpaired) electrons. The van der Waals surface area contributed by atoms with Gasteiger partial charge in [0.15, 0.2) is 0 Å². The van der Waals surface area contributed by atoms with Crippen molar-refractivity contribution in [2.75, 3.05) is 30.5 Å². The molecule has 90 valence electrons. The highest BCUT2D eigenvalue weighted by Gasteiger charge is 2.08. The minimum absolute atomic E-state index is 0.104. The number of halogens is 1. The lowest BCUT2D eigenvalue weighted by atomic mass is 10.4. The van der Waals surface area contributed by atoms with Gasteiger partial charge in [-0.1, -0.05) is 15.9 Å². The van der Waals surface area contributed by atoms with Crippen LogP contribution < -0.4 is 4.90 Å². The van der Waals surface area contributed by atoms with Crippen LogP contribution in [0.1, 0.15) is 5.56 Å². The summed E-state index contributed by atoms with van der Waals surface area (Å²) in [5.41, 5.74) is 0.986. The monoisotopic (exact) mass is 307 g/mol. The van der Waals surface area contributed by atoms with Gasteiger partial charge in [-0.3, -0.25) is 0 Å². The third-order valence-electron chi connectivity index (χ3n) is 1.98. The minimum atomic E-state index is -2.94. The molecular formula is C9H14BrN3O2S. The summed E-state index contributed by atoms with van der Waals surface area (Å²) in [5.74, 6) is 0.640. The van der Waals surface area contributed by atoms with Crippen LogP contribution in [0.4, 0.5) is 5.95 Å². The van der Waals surface area contributed by atoms with Gasteiger partial charge < -0.3 is 4.90 Å². The first-order valence-corrected chi connectivity index (χ1v) is 7.86. The van der Waals surface area contributed by atoms with Crippen LogP contribution in [0.25, 0.3) is 0 Å². The van der Waals surface area contributed by atoms with Crippen molar-refractivity contribution in [3.8, 4) is 0 Å². The number of alkyl halides is 1. The Morgan fingerprint density at radius 2 is 1.94 bits per heavy atom. The van der Waals surface area contributed by atoms with Crippen LogP contribution in [0.5, 0.6) is 0 Å². The van der Waals surface area contributed by atoms with Gasteiger partial charge in [-0.15, -0.1) is 0 Å². The van der Waals surface area contributed by atoms with E-state index in [4.69, 9.17) is 0 Å². The van der Waals surface area contributed by atoms with Crippen molar-refractivity contribution in [1.29, 1.82) is 0 Å². The molecule has 1 aromatic rings. The molecule has 1 rings (SSSR count). The second-order valence-corrected chi connectivity index (χ2v) is 6.40. The van der Waals surface area contributed by atoms with E-state index < -0.39 is 9.84 Å². The van der Waals surface area contributed by atoms with Crippen LogP contribution >= 0.6 is 15.9 Å². The predicted molar refractivity (Wildman–Crippen MR) is 67.6 cm³/mol. The maximum absolute atomic E-state index is 11.0. The Hall–Kier alpha value is -0.690. The van der Waals surface area contributed by atoms with Crippen molar-refractivity contribution >= 4 is 31.7 Å². The van der Waals surface area contributed by atoms with Gasteiger partial charge in [0.1, 0.15) is 9.84 Å². The lowest BCUT2D eigenvalue weighted by molar-refractivity contribution is 0.601. The molecule has 0 fully saturated rings. The van der Waals surface area contributed by atoms with Crippen molar-refractivity contribution < 1.29 is 8.42 Å². The summed E-state index contributed by atoms with van der Waals surface area (Å²) in [7, 11) is -1.17. The van der Waals surface area contributed by atoms with E-state index in [-0.39, 0.29) is 5.75 Å². The summed E-state index contributed by atoms with van der Waals surface area (Å²) < 4.78 is 22.0. The maximum Gasteiger partial charge on any atom is 0.225 e. The first kappa shape index (κ1) is 13.4. The Bertz CT molecular complexity index is 433. The third-order valence-corrected chi connectivity index (χ3v) is 3.56. The quantitative estimate of drug-likeness (QED) is 0.755. The van der Waals surface area contributed by atoms with Gasteiger partial charge in [-0.2, -0.15) is 0 Å². The molecule has 0 spiro atoms. The van der Waals surface area contributed by atoms with E-state index in [2.05, 4.69) is 25.9 Å². The molecule has 0 saturated heterocycles. The molecule has 0 N–H and O–H groups in total. The van der Waals surface area contributed by atoms with Crippen LogP contribution in [0.2, 0.25) is 0 Å². The van der Waals surface area contributed by atoms with Gasteiger partial charge in [-0.25, -0.2) is 18.4 Å². The Balaban J connectivity index is 2.62. The van der Waals surface area contributed by atoms with Crippen molar-refractivity contribution in [1.82, 2.24) is 9.97 Å². The molecule has 7 heteroatoms. The van der Waals surface area contributed by atoms with Gasteiger partial charge in [0, 0.05) is 37.6 Å². The normalized spacial score (nSPS) is 11.4. The van der Waals surface area contributed by atoms with E-state index in [0.29, 0.717) is 17.8 Å². The fraction of sp³-hybridized carbons (Fsp3) is 0.556. The van der Waals surface area contributed by atoms with Crippen LogP contribution in [-0.4, -0.2) is 44.0 Å². The van der Waals surface area contributed by atoms with Crippen molar-refractivity contribution in [3.63, 3.8) is 0 Å². The highest BCUT2D eigenvalue weighted by molar-refractivity contribution is 9.08. The number of hydrogen-bond donors (Lipinski definition) is 0. The van der Waals surface area contributed by atoms with Crippen LogP contribution in [0, 0.1) is 0 Å². The predicted octanol–water partition coefficient (Wildman–Crippen LogP) is 0.852. The van der Waals surface area contributed by atoms with Crippen LogP contribution in [0.15, 0.2) is 12.4 Å². The van der Waals surface area contributed by atoms with Crippen molar-refractivity contribution in [2.45, 2.75) is 5.33 Å². The number of sulfone groups is 1.